The van der Waals surface area contributed by atoms with Crippen LogP contribution in [0.2, 0.25) is 0 Å². The van der Waals surface area contributed by atoms with Crippen LogP contribution in [0.25, 0.3) is 0 Å². The fourth-order valence-corrected chi connectivity index (χ4v) is 3.55. The molecule has 6 heteroatoms. The van der Waals surface area contributed by atoms with Crippen LogP contribution >= 0.6 is 11.3 Å². The first-order chi connectivity index (χ1) is 10.7. The van der Waals surface area contributed by atoms with Crippen molar-refractivity contribution in [2.75, 3.05) is 19.6 Å². The molecule has 0 spiro atoms. The number of carbonyl (C=O) groups is 1. The molecule has 1 amide bonds. The van der Waals surface area contributed by atoms with Gasteiger partial charge < -0.3 is 10.6 Å². The molecule has 1 aromatic heterocycles. The summed E-state index contributed by atoms with van der Waals surface area (Å²) in [4.78, 5) is 19.3. The molecule has 0 bridgehead atoms. The van der Waals surface area contributed by atoms with Gasteiger partial charge in [0.15, 0.2) is 0 Å². The monoisotopic (exact) mass is 319 g/mol. The number of thiazole rings is 1. The molecule has 1 aliphatic rings. The summed E-state index contributed by atoms with van der Waals surface area (Å²) in [6.45, 7) is 2.13. The minimum absolute atomic E-state index is 0.0406. The molecule has 1 atom stereocenters. The van der Waals surface area contributed by atoms with E-state index in [1.807, 2.05) is 4.90 Å². The number of aromatic nitrogens is 1. The second-order valence-electron chi connectivity index (χ2n) is 5.56. The lowest BCUT2D eigenvalue weighted by Crippen LogP contribution is -2.29. The van der Waals surface area contributed by atoms with E-state index in [9.17, 15) is 9.18 Å². The van der Waals surface area contributed by atoms with Gasteiger partial charge in [-0.3, -0.25) is 4.79 Å². The number of hydrogen-bond donors (Lipinski definition) is 1. The van der Waals surface area contributed by atoms with Gasteiger partial charge in [0.25, 0.3) is 5.91 Å². The highest BCUT2D eigenvalue weighted by Crippen LogP contribution is 2.22. The number of carbonyl (C=O) groups excluding carboxylic acids is 1. The number of nitrogens with two attached hydrogens (primary N) is 1. The van der Waals surface area contributed by atoms with E-state index in [0.29, 0.717) is 23.8 Å². The van der Waals surface area contributed by atoms with E-state index in [1.165, 1.54) is 23.5 Å². The SMILES string of the molecule is NC[C@H]1CCN(C(=O)c2cnc(Cc3ccc(F)cc3)s2)C1. The molecule has 4 nitrogen and oxygen atoms in total. The van der Waals surface area contributed by atoms with E-state index in [2.05, 4.69) is 4.98 Å². The molecule has 0 unspecified atom stereocenters. The number of nitrogens with zero attached hydrogens (tertiary/aromatic N) is 2. The summed E-state index contributed by atoms with van der Waals surface area (Å²) in [5, 5.41) is 0.865. The molecule has 2 aromatic rings. The van der Waals surface area contributed by atoms with Gasteiger partial charge in [0.05, 0.1) is 11.2 Å². The van der Waals surface area contributed by atoms with Gasteiger partial charge in [-0.1, -0.05) is 12.1 Å². The van der Waals surface area contributed by atoms with Gasteiger partial charge in [-0.25, -0.2) is 9.37 Å². The van der Waals surface area contributed by atoms with Crippen LogP contribution < -0.4 is 5.73 Å². The Balaban J connectivity index is 1.66. The number of hydrogen-bond acceptors (Lipinski definition) is 4. The molecule has 0 radical (unpaired) electrons. The van der Waals surface area contributed by atoms with Crippen LogP contribution in [0.3, 0.4) is 0 Å². The maximum Gasteiger partial charge on any atom is 0.265 e. The van der Waals surface area contributed by atoms with Gasteiger partial charge in [-0.2, -0.15) is 0 Å². The van der Waals surface area contributed by atoms with Crippen molar-refractivity contribution >= 4 is 17.2 Å². The van der Waals surface area contributed by atoms with Crippen LogP contribution in [0, 0.1) is 11.7 Å². The molecule has 0 aliphatic carbocycles. The summed E-state index contributed by atoms with van der Waals surface area (Å²) < 4.78 is 12.9. The van der Waals surface area contributed by atoms with Crippen LogP contribution in [0.4, 0.5) is 4.39 Å². The average Bonchev–Trinajstić information content (AvgIpc) is 3.18. The highest BCUT2D eigenvalue weighted by molar-refractivity contribution is 7.13. The van der Waals surface area contributed by atoms with Crippen molar-refractivity contribution in [3.63, 3.8) is 0 Å². The Morgan fingerprint density at radius 1 is 1.41 bits per heavy atom. The summed E-state index contributed by atoms with van der Waals surface area (Å²) in [7, 11) is 0. The van der Waals surface area contributed by atoms with Crippen molar-refractivity contribution in [1.82, 2.24) is 9.88 Å². The summed E-state index contributed by atoms with van der Waals surface area (Å²) in [5.74, 6) is 0.205. The van der Waals surface area contributed by atoms with Gasteiger partial charge in [-0.15, -0.1) is 11.3 Å². The molecular formula is C16H18FN3OS. The summed E-state index contributed by atoms with van der Waals surface area (Å²) in [6, 6.07) is 6.35. The van der Waals surface area contributed by atoms with Crippen LogP contribution in [-0.2, 0) is 6.42 Å². The number of halogens is 1. The van der Waals surface area contributed by atoms with Crippen molar-refractivity contribution in [1.29, 1.82) is 0 Å². The smallest absolute Gasteiger partial charge is 0.265 e. The second kappa shape index (κ2) is 6.54. The first kappa shape index (κ1) is 15.1. The average molecular weight is 319 g/mol. The topological polar surface area (TPSA) is 59.2 Å². The van der Waals surface area contributed by atoms with E-state index >= 15 is 0 Å². The molecule has 1 saturated heterocycles. The van der Waals surface area contributed by atoms with Gasteiger partial charge in [0.1, 0.15) is 10.7 Å². The molecule has 3 rings (SSSR count). The minimum Gasteiger partial charge on any atom is -0.338 e. The highest BCUT2D eigenvalue weighted by atomic mass is 32.1. The lowest BCUT2D eigenvalue weighted by Gasteiger charge is -2.14. The summed E-state index contributed by atoms with van der Waals surface area (Å²) in [5.41, 5.74) is 6.65. The number of likely N-dealkylation sites (tertiary alicyclic amines) is 1. The highest BCUT2D eigenvalue weighted by Gasteiger charge is 2.27. The van der Waals surface area contributed by atoms with E-state index in [0.717, 1.165) is 30.1 Å². The maximum absolute atomic E-state index is 12.9. The molecule has 116 valence electrons. The summed E-state index contributed by atoms with van der Waals surface area (Å²) in [6.07, 6.45) is 3.23. The predicted molar refractivity (Wildman–Crippen MR) is 84.4 cm³/mol. The van der Waals surface area contributed by atoms with Crippen molar-refractivity contribution in [3.05, 3.63) is 51.7 Å². The fourth-order valence-electron chi connectivity index (χ4n) is 2.63. The molecule has 0 saturated carbocycles. The summed E-state index contributed by atoms with van der Waals surface area (Å²) >= 11 is 1.41. The molecule has 22 heavy (non-hydrogen) atoms. The van der Waals surface area contributed by atoms with Crippen LogP contribution in [0.15, 0.2) is 30.5 Å². The standard InChI is InChI=1S/C16H18FN3OS/c17-13-3-1-11(2-4-13)7-15-19-9-14(22-15)16(21)20-6-5-12(8-18)10-20/h1-4,9,12H,5-8,10,18H2/t12-/m1/s1. The zero-order valence-corrected chi connectivity index (χ0v) is 13.0. The third kappa shape index (κ3) is 3.34. The van der Waals surface area contributed by atoms with Crippen molar-refractivity contribution in [2.24, 2.45) is 11.7 Å². The first-order valence-corrected chi connectivity index (χ1v) is 8.16. The lowest BCUT2D eigenvalue weighted by atomic mass is 10.1. The molecule has 2 N–H and O–H groups in total. The zero-order valence-electron chi connectivity index (χ0n) is 12.2. The normalized spacial score (nSPS) is 17.9. The van der Waals surface area contributed by atoms with Crippen molar-refractivity contribution in [2.45, 2.75) is 12.8 Å². The van der Waals surface area contributed by atoms with E-state index in [1.54, 1.807) is 18.3 Å². The first-order valence-electron chi connectivity index (χ1n) is 7.34. The van der Waals surface area contributed by atoms with Gasteiger partial charge in [0.2, 0.25) is 0 Å². The van der Waals surface area contributed by atoms with Crippen molar-refractivity contribution in [3.8, 4) is 0 Å². The van der Waals surface area contributed by atoms with Crippen LogP contribution in [0.1, 0.15) is 26.7 Å². The Kier molecular flexibility index (Phi) is 4.49. The van der Waals surface area contributed by atoms with Gasteiger partial charge in [0, 0.05) is 19.5 Å². The maximum atomic E-state index is 12.9. The molecule has 1 aromatic carbocycles. The Morgan fingerprint density at radius 3 is 2.86 bits per heavy atom. The lowest BCUT2D eigenvalue weighted by molar-refractivity contribution is 0.0792. The zero-order chi connectivity index (χ0) is 15.5. The number of benzene rings is 1. The second-order valence-corrected chi connectivity index (χ2v) is 6.68. The fraction of sp³-hybridized carbons (Fsp3) is 0.375. The van der Waals surface area contributed by atoms with E-state index in [-0.39, 0.29) is 11.7 Å². The molecule has 1 aliphatic heterocycles. The number of amides is 1. The molecular weight excluding hydrogens is 301 g/mol. The Labute approximate surface area is 132 Å². The third-order valence-corrected chi connectivity index (χ3v) is 4.92. The largest absolute Gasteiger partial charge is 0.338 e. The van der Waals surface area contributed by atoms with Crippen LogP contribution in [-0.4, -0.2) is 35.4 Å². The number of rotatable bonds is 4. The predicted octanol–water partition coefficient (Wildman–Crippen LogP) is 2.29. The molecule has 1 fully saturated rings. The van der Waals surface area contributed by atoms with Gasteiger partial charge in [-0.05, 0) is 36.6 Å². The van der Waals surface area contributed by atoms with Gasteiger partial charge >= 0.3 is 0 Å². The Bertz CT molecular complexity index is 656. The quantitative estimate of drug-likeness (QED) is 0.940. The van der Waals surface area contributed by atoms with Crippen molar-refractivity contribution < 1.29 is 9.18 Å². The van der Waals surface area contributed by atoms with E-state index in [4.69, 9.17) is 5.73 Å². The van der Waals surface area contributed by atoms with E-state index < -0.39 is 0 Å². The Morgan fingerprint density at radius 2 is 2.18 bits per heavy atom. The Hall–Kier alpha value is -1.79. The van der Waals surface area contributed by atoms with Crippen LogP contribution in [0.5, 0.6) is 0 Å². The molecule has 2 heterocycles. The minimum atomic E-state index is -0.248. The third-order valence-electron chi connectivity index (χ3n) is 3.94.